The number of nitrogens with zero attached hydrogens (tertiary/aromatic N) is 1. The van der Waals surface area contributed by atoms with E-state index in [4.69, 9.17) is 5.11 Å². The number of rotatable bonds is 6. The van der Waals surface area contributed by atoms with Gasteiger partial charge in [0, 0.05) is 19.0 Å². The predicted molar refractivity (Wildman–Crippen MR) is 69.5 cm³/mol. The molecule has 1 amide bonds. The van der Waals surface area contributed by atoms with E-state index in [-0.39, 0.29) is 23.1 Å². The number of likely N-dealkylation sites (N-methyl/N-ethyl adjacent to an activating group) is 1. The quantitative estimate of drug-likeness (QED) is 0.753. The van der Waals surface area contributed by atoms with Crippen LogP contribution >= 0.6 is 11.3 Å². The summed E-state index contributed by atoms with van der Waals surface area (Å²) in [6, 6.07) is 2.77. The third kappa shape index (κ3) is 4.62. The van der Waals surface area contributed by atoms with Crippen LogP contribution in [0, 0.1) is 0 Å². The van der Waals surface area contributed by atoms with E-state index in [9.17, 15) is 18.0 Å². The van der Waals surface area contributed by atoms with Gasteiger partial charge >= 0.3 is 5.97 Å². The van der Waals surface area contributed by atoms with Crippen LogP contribution in [0.5, 0.6) is 0 Å². The van der Waals surface area contributed by atoms with Gasteiger partial charge in [-0.3, -0.25) is 9.59 Å². The first-order chi connectivity index (χ1) is 8.72. The third-order valence-corrected chi connectivity index (χ3v) is 5.12. The molecule has 1 rings (SSSR count). The molecule has 106 valence electrons. The summed E-state index contributed by atoms with van der Waals surface area (Å²) in [5, 5.41) is 8.61. The summed E-state index contributed by atoms with van der Waals surface area (Å²) in [5.41, 5.74) is 0. The predicted octanol–water partition coefficient (Wildman–Crippen LogP) is -0.258. The molecule has 1 aromatic heterocycles. The van der Waals surface area contributed by atoms with E-state index >= 15 is 0 Å². The summed E-state index contributed by atoms with van der Waals surface area (Å²) in [6.45, 7) is -0.332. The van der Waals surface area contributed by atoms with Crippen LogP contribution in [0.4, 0.5) is 0 Å². The van der Waals surface area contributed by atoms with Crippen molar-refractivity contribution in [3.05, 3.63) is 17.0 Å². The van der Waals surface area contributed by atoms with Crippen LogP contribution in [0.2, 0.25) is 0 Å². The number of sulfonamides is 1. The molecule has 0 atom stereocenters. The van der Waals surface area contributed by atoms with Crippen LogP contribution in [0.15, 0.2) is 16.3 Å². The fourth-order valence-electron chi connectivity index (χ4n) is 1.13. The Labute approximate surface area is 114 Å². The van der Waals surface area contributed by atoms with Crippen LogP contribution in [0.3, 0.4) is 0 Å². The van der Waals surface area contributed by atoms with Gasteiger partial charge in [-0.1, -0.05) is 0 Å². The smallest absolute Gasteiger partial charge is 0.308 e. The van der Waals surface area contributed by atoms with Crippen molar-refractivity contribution in [2.45, 2.75) is 10.6 Å². The van der Waals surface area contributed by atoms with Gasteiger partial charge in [-0.05, 0) is 12.1 Å². The lowest BCUT2D eigenvalue weighted by atomic mass is 10.3. The number of amides is 1. The maximum absolute atomic E-state index is 11.8. The third-order valence-electron chi connectivity index (χ3n) is 2.14. The topological polar surface area (TPSA) is 104 Å². The van der Waals surface area contributed by atoms with E-state index in [0.717, 1.165) is 11.3 Å². The number of thiophene rings is 1. The van der Waals surface area contributed by atoms with Gasteiger partial charge in [-0.15, -0.1) is 11.3 Å². The number of carboxylic acids is 1. The Morgan fingerprint density at radius 2 is 2.00 bits per heavy atom. The van der Waals surface area contributed by atoms with E-state index in [1.165, 1.54) is 31.1 Å². The lowest BCUT2D eigenvalue weighted by Gasteiger charge is -2.10. The molecule has 0 aliphatic heterocycles. The molecular weight excluding hydrogens is 292 g/mol. The highest BCUT2D eigenvalue weighted by molar-refractivity contribution is 7.91. The summed E-state index contributed by atoms with van der Waals surface area (Å²) >= 11 is 0.872. The minimum atomic E-state index is -3.78. The first kappa shape index (κ1) is 15.6. The lowest BCUT2D eigenvalue weighted by Crippen LogP contribution is -2.35. The maximum atomic E-state index is 11.8. The Morgan fingerprint density at radius 3 is 2.53 bits per heavy atom. The van der Waals surface area contributed by atoms with Crippen molar-refractivity contribution in [2.75, 3.05) is 20.6 Å². The summed E-state index contributed by atoms with van der Waals surface area (Å²) < 4.78 is 25.8. The number of carbonyl (C=O) groups is 2. The summed E-state index contributed by atoms with van der Waals surface area (Å²) in [7, 11) is -0.735. The summed E-state index contributed by atoms with van der Waals surface area (Å²) in [6.07, 6.45) is -0.225. The van der Waals surface area contributed by atoms with Gasteiger partial charge in [0.05, 0.1) is 13.0 Å². The molecule has 0 saturated heterocycles. The van der Waals surface area contributed by atoms with Crippen LogP contribution in [-0.2, 0) is 26.0 Å². The molecule has 2 N–H and O–H groups in total. The standard InChI is InChI=1S/C10H14N2O5S2/c1-12(2)8(13)6-11-19(16,17)10-4-3-7(18-10)5-9(14)15/h3-4,11H,5-6H2,1-2H3,(H,14,15). The number of carboxylic acid groups (broad SMARTS) is 1. The second kappa shape index (κ2) is 6.13. The molecule has 0 unspecified atom stereocenters. The van der Waals surface area contributed by atoms with Crippen molar-refractivity contribution < 1.29 is 23.1 Å². The van der Waals surface area contributed by atoms with Crippen molar-refractivity contribution in [1.82, 2.24) is 9.62 Å². The Balaban J connectivity index is 2.75. The Bertz CT molecular complexity index is 576. The normalized spacial score (nSPS) is 11.3. The van der Waals surface area contributed by atoms with Crippen LogP contribution in [0.25, 0.3) is 0 Å². The molecule has 0 radical (unpaired) electrons. The van der Waals surface area contributed by atoms with Crippen molar-refractivity contribution in [1.29, 1.82) is 0 Å². The van der Waals surface area contributed by atoms with Gasteiger partial charge in [0.1, 0.15) is 4.21 Å². The molecule has 0 fully saturated rings. The molecule has 0 aliphatic rings. The van der Waals surface area contributed by atoms with Gasteiger partial charge < -0.3 is 10.0 Å². The largest absolute Gasteiger partial charge is 0.481 e. The van der Waals surface area contributed by atoms with Gasteiger partial charge in [0.15, 0.2) is 0 Å². The molecule has 1 aromatic rings. The van der Waals surface area contributed by atoms with Crippen LogP contribution in [0.1, 0.15) is 4.88 Å². The van der Waals surface area contributed by atoms with Gasteiger partial charge in [-0.2, -0.15) is 0 Å². The second-order valence-electron chi connectivity index (χ2n) is 3.90. The van der Waals surface area contributed by atoms with Crippen molar-refractivity contribution in [3.63, 3.8) is 0 Å². The highest BCUT2D eigenvalue weighted by Crippen LogP contribution is 2.21. The SMILES string of the molecule is CN(C)C(=O)CNS(=O)(=O)c1ccc(CC(=O)O)s1. The zero-order chi connectivity index (χ0) is 14.6. The number of hydrogen-bond donors (Lipinski definition) is 2. The number of aliphatic carboxylic acids is 1. The number of nitrogens with one attached hydrogen (secondary N) is 1. The first-order valence-corrected chi connectivity index (χ1v) is 7.52. The summed E-state index contributed by atoms with van der Waals surface area (Å²) in [5.74, 6) is -1.40. The second-order valence-corrected chi connectivity index (χ2v) is 7.07. The molecule has 1 heterocycles. The molecule has 0 aromatic carbocycles. The average molecular weight is 306 g/mol. The molecule has 0 aliphatic carbocycles. The Morgan fingerprint density at radius 1 is 1.37 bits per heavy atom. The highest BCUT2D eigenvalue weighted by atomic mass is 32.2. The van der Waals surface area contributed by atoms with Crippen molar-refractivity contribution >= 4 is 33.2 Å². The monoisotopic (exact) mass is 306 g/mol. The van der Waals surface area contributed by atoms with Crippen molar-refractivity contribution in [3.8, 4) is 0 Å². The molecular formula is C10H14N2O5S2. The lowest BCUT2D eigenvalue weighted by molar-refractivity contribution is -0.136. The summed E-state index contributed by atoms with van der Waals surface area (Å²) in [4.78, 5) is 23.5. The fraction of sp³-hybridized carbons (Fsp3) is 0.400. The van der Waals surface area contributed by atoms with Gasteiger partial charge in [0.2, 0.25) is 5.91 Å². The van der Waals surface area contributed by atoms with Gasteiger partial charge in [-0.25, -0.2) is 13.1 Å². The average Bonchev–Trinajstić information content (AvgIpc) is 2.74. The van der Waals surface area contributed by atoms with E-state index in [0.29, 0.717) is 4.88 Å². The van der Waals surface area contributed by atoms with E-state index in [2.05, 4.69) is 4.72 Å². The van der Waals surface area contributed by atoms with Gasteiger partial charge in [0.25, 0.3) is 10.0 Å². The number of carbonyl (C=O) groups excluding carboxylic acids is 1. The van der Waals surface area contributed by atoms with E-state index < -0.39 is 16.0 Å². The minimum absolute atomic E-state index is 0.00435. The van der Waals surface area contributed by atoms with Crippen molar-refractivity contribution in [2.24, 2.45) is 0 Å². The fourth-order valence-corrected chi connectivity index (χ4v) is 3.50. The van der Waals surface area contributed by atoms with Crippen LogP contribution in [-0.4, -0.2) is 50.9 Å². The molecule has 9 heteroatoms. The zero-order valence-electron chi connectivity index (χ0n) is 10.4. The Hall–Kier alpha value is -1.45. The minimum Gasteiger partial charge on any atom is -0.481 e. The maximum Gasteiger partial charge on any atom is 0.308 e. The Kier molecular flexibility index (Phi) is 5.04. The van der Waals surface area contributed by atoms with E-state index in [1.54, 1.807) is 0 Å². The van der Waals surface area contributed by atoms with Crippen LogP contribution < -0.4 is 4.72 Å². The highest BCUT2D eigenvalue weighted by Gasteiger charge is 2.19. The molecule has 19 heavy (non-hydrogen) atoms. The van der Waals surface area contributed by atoms with E-state index in [1.807, 2.05) is 0 Å². The molecule has 0 bridgehead atoms. The first-order valence-electron chi connectivity index (χ1n) is 5.22. The zero-order valence-corrected chi connectivity index (χ0v) is 12.0. The number of hydrogen-bond acceptors (Lipinski definition) is 5. The molecule has 0 spiro atoms. The molecule has 0 saturated carbocycles. The molecule has 7 nitrogen and oxygen atoms in total.